The van der Waals surface area contributed by atoms with Gasteiger partial charge in [0.1, 0.15) is 0 Å². The molecule has 1 aliphatic carbocycles. The molecule has 1 aliphatic heterocycles. The van der Waals surface area contributed by atoms with Crippen LogP contribution in [0.1, 0.15) is 24.3 Å². The van der Waals surface area contributed by atoms with Crippen LogP contribution in [-0.2, 0) is 9.84 Å². The maximum Gasteiger partial charge on any atom is 0.175 e. The number of rotatable bonds is 2. The first kappa shape index (κ1) is 11.2. The van der Waals surface area contributed by atoms with E-state index in [-0.39, 0.29) is 0 Å². The second-order valence-electron chi connectivity index (χ2n) is 5.55. The van der Waals surface area contributed by atoms with Crippen LogP contribution in [0.25, 0.3) is 0 Å². The monoisotopic (exact) mass is 251 g/mol. The molecule has 3 rings (SSSR count). The van der Waals surface area contributed by atoms with Crippen LogP contribution in [0.5, 0.6) is 0 Å². The van der Waals surface area contributed by atoms with Gasteiger partial charge in [0, 0.05) is 19.3 Å². The zero-order valence-corrected chi connectivity index (χ0v) is 10.8. The third kappa shape index (κ3) is 1.89. The molecule has 0 aromatic heterocycles. The smallest absolute Gasteiger partial charge is 0.175 e. The van der Waals surface area contributed by atoms with Crippen LogP contribution in [-0.4, -0.2) is 27.8 Å². The molecular formula is C13H17NO2S. The third-order valence-corrected chi connectivity index (χ3v) is 5.27. The molecule has 1 heterocycles. The van der Waals surface area contributed by atoms with Crippen LogP contribution in [0, 0.1) is 5.41 Å². The first-order chi connectivity index (χ1) is 7.99. The maximum atomic E-state index is 11.3. The predicted octanol–water partition coefficient (Wildman–Crippen LogP) is 1.56. The van der Waals surface area contributed by atoms with E-state index in [4.69, 9.17) is 0 Å². The predicted molar refractivity (Wildman–Crippen MR) is 66.8 cm³/mol. The normalized spacial score (nSPS) is 23.1. The Balaban J connectivity index is 1.73. The summed E-state index contributed by atoms with van der Waals surface area (Å²) in [6.07, 6.45) is 3.75. The van der Waals surface area contributed by atoms with Gasteiger partial charge < -0.3 is 5.32 Å². The van der Waals surface area contributed by atoms with Gasteiger partial charge in [-0.2, -0.15) is 0 Å². The molecule has 0 unspecified atom stereocenters. The Morgan fingerprint density at radius 3 is 2.18 bits per heavy atom. The Morgan fingerprint density at radius 2 is 1.76 bits per heavy atom. The maximum absolute atomic E-state index is 11.3. The van der Waals surface area contributed by atoms with Crippen LogP contribution in [0.15, 0.2) is 29.2 Å². The molecule has 3 nitrogen and oxygen atoms in total. The second-order valence-corrected chi connectivity index (χ2v) is 7.57. The lowest BCUT2D eigenvalue weighted by Gasteiger charge is -2.54. The van der Waals surface area contributed by atoms with Gasteiger partial charge in [0.15, 0.2) is 9.84 Å². The molecule has 1 aromatic carbocycles. The fourth-order valence-electron chi connectivity index (χ4n) is 2.98. The Hall–Kier alpha value is -0.870. The quantitative estimate of drug-likeness (QED) is 0.867. The summed E-state index contributed by atoms with van der Waals surface area (Å²) >= 11 is 0. The summed E-state index contributed by atoms with van der Waals surface area (Å²) in [5.41, 5.74) is 1.86. The van der Waals surface area contributed by atoms with Crippen LogP contribution >= 0.6 is 0 Å². The third-order valence-electron chi connectivity index (χ3n) is 4.14. The zero-order chi connectivity index (χ0) is 12.1. The van der Waals surface area contributed by atoms with Crippen molar-refractivity contribution in [2.45, 2.75) is 23.7 Å². The molecule has 1 saturated carbocycles. The van der Waals surface area contributed by atoms with E-state index in [1.807, 2.05) is 12.1 Å². The number of nitrogens with one attached hydrogen (secondary N) is 1. The number of hydrogen-bond donors (Lipinski definition) is 1. The van der Waals surface area contributed by atoms with E-state index in [2.05, 4.69) is 5.32 Å². The van der Waals surface area contributed by atoms with Crippen molar-refractivity contribution in [3.8, 4) is 0 Å². The van der Waals surface area contributed by atoms with E-state index in [0.29, 0.717) is 16.2 Å². The van der Waals surface area contributed by atoms with E-state index in [1.54, 1.807) is 12.1 Å². The SMILES string of the molecule is CS(=O)(=O)c1ccc(C2CC3(CNC3)C2)cc1. The summed E-state index contributed by atoms with van der Waals surface area (Å²) in [5, 5.41) is 3.33. The zero-order valence-electron chi connectivity index (χ0n) is 9.94. The molecule has 1 aromatic rings. The van der Waals surface area contributed by atoms with Gasteiger partial charge in [0.25, 0.3) is 0 Å². The van der Waals surface area contributed by atoms with E-state index in [1.165, 1.54) is 24.7 Å². The largest absolute Gasteiger partial charge is 0.316 e. The van der Waals surface area contributed by atoms with Crippen LogP contribution in [0.2, 0.25) is 0 Å². The van der Waals surface area contributed by atoms with Crippen molar-refractivity contribution in [2.75, 3.05) is 19.3 Å². The minimum absolute atomic E-state index is 0.417. The lowest BCUT2D eigenvalue weighted by Crippen LogP contribution is -2.59. The number of sulfone groups is 1. The van der Waals surface area contributed by atoms with Crippen LogP contribution in [0.3, 0.4) is 0 Å². The highest BCUT2D eigenvalue weighted by molar-refractivity contribution is 7.90. The summed E-state index contributed by atoms with van der Waals surface area (Å²) in [4.78, 5) is 0.417. The van der Waals surface area contributed by atoms with Crippen molar-refractivity contribution in [3.63, 3.8) is 0 Å². The molecule has 92 valence electrons. The van der Waals surface area contributed by atoms with Gasteiger partial charge in [-0.15, -0.1) is 0 Å². The number of hydrogen-bond acceptors (Lipinski definition) is 3. The summed E-state index contributed by atoms with van der Waals surface area (Å²) in [6, 6.07) is 7.41. The highest BCUT2D eigenvalue weighted by atomic mass is 32.2. The van der Waals surface area contributed by atoms with Crippen molar-refractivity contribution in [1.29, 1.82) is 0 Å². The lowest BCUT2D eigenvalue weighted by atomic mass is 9.57. The van der Waals surface area contributed by atoms with Gasteiger partial charge >= 0.3 is 0 Å². The van der Waals surface area contributed by atoms with Gasteiger partial charge in [0.05, 0.1) is 4.90 Å². The fourth-order valence-corrected chi connectivity index (χ4v) is 3.61. The van der Waals surface area contributed by atoms with Gasteiger partial charge in [-0.3, -0.25) is 0 Å². The summed E-state index contributed by atoms with van der Waals surface area (Å²) in [6.45, 7) is 2.32. The molecule has 2 fully saturated rings. The van der Waals surface area contributed by atoms with Crippen molar-refractivity contribution in [3.05, 3.63) is 29.8 Å². The van der Waals surface area contributed by atoms with Crippen LogP contribution in [0.4, 0.5) is 0 Å². The van der Waals surface area contributed by atoms with Gasteiger partial charge in [0.2, 0.25) is 0 Å². The van der Waals surface area contributed by atoms with E-state index >= 15 is 0 Å². The lowest BCUT2D eigenvalue weighted by molar-refractivity contribution is 0.0363. The van der Waals surface area contributed by atoms with Crippen LogP contribution < -0.4 is 5.32 Å². The molecule has 0 atom stereocenters. The van der Waals surface area contributed by atoms with Crippen molar-refractivity contribution >= 4 is 9.84 Å². The average Bonchev–Trinajstić information content (AvgIpc) is 2.12. The minimum atomic E-state index is -3.06. The van der Waals surface area contributed by atoms with E-state index in [9.17, 15) is 8.42 Å². The van der Waals surface area contributed by atoms with Gasteiger partial charge in [-0.25, -0.2) is 8.42 Å². The van der Waals surface area contributed by atoms with Crippen molar-refractivity contribution < 1.29 is 8.42 Å². The molecule has 1 spiro atoms. The van der Waals surface area contributed by atoms with Gasteiger partial charge in [-0.05, 0) is 41.9 Å². The summed E-state index contributed by atoms with van der Waals surface area (Å²) < 4.78 is 22.7. The molecule has 0 amide bonds. The first-order valence-corrected chi connectivity index (χ1v) is 7.88. The second kappa shape index (κ2) is 3.56. The molecule has 1 N–H and O–H groups in total. The average molecular weight is 251 g/mol. The Labute approximate surface area is 102 Å². The Morgan fingerprint density at radius 1 is 1.18 bits per heavy atom. The molecule has 0 radical (unpaired) electrons. The molecule has 2 aliphatic rings. The summed E-state index contributed by atoms with van der Waals surface area (Å²) in [7, 11) is -3.06. The summed E-state index contributed by atoms with van der Waals surface area (Å²) in [5.74, 6) is 0.630. The molecule has 0 bridgehead atoms. The minimum Gasteiger partial charge on any atom is -0.316 e. The van der Waals surface area contributed by atoms with E-state index in [0.717, 1.165) is 13.1 Å². The first-order valence-electron chi connectivity index (χ1n) is 5.99. The van der Waals surface area contributed by atoms with Crippen molar-refractivity contribution in [1.82, 2.24) is 5.32 Å². The van der Waals surface area contributed by atoms with E-state index < -0.39 is 9.84 Å². The fraction of sp³-hybridized carbons (Fsp3) is 0.538. The topological polar surface area (TPSA) is 46.2 Å². The van der Waals surface area contributed by atoms with Gasteiger partial charge in [-0.1, -0.05) is 12.1 Å². The molecular weight excluding hydrogens is 234 g/mol. The standard InChI is InChI=1S/C13H17NO2S/c1-17(15,16)12-4-2-10(3-5-12)11-6-13(7-11)8-14-9-13/h2-5,11,14H,6-9H2,1H3. The Kier molecular flexibility index (Phi) is 2.35. The molecule has 1 saturated heterocycles. The molecule has 4 heteroatoms. The highest BCUT2D eigenvalue weighted by Gasteiger charge is 2.48. The highest BCUT2D eigenvalue weighted by Crippen LogP contribution is 2.53. The number of benzene rings is 1. The van der Waals surface area contributed by atoms with Crippen molar-refractivity contribution in [2.24, 2.45) is 5.41 Å². The Bertz CT molecular complexity index is 521. The molecule has 17 heavy (non-hydrogen) atoms.